The van der Waals surface area contributed by atoms with Gasteiger partial charge in [0.1, 0.15) is 5.60 Å². The molecule has 0 aliphatic carbocycles. The molecular weight excluding hydrogens is 400 g/mol. The van der Waals surface area contributed by atoms with Crippen LogP contribution in [0.1, 0.15) is 5.56 Å². The van der Waals surface area contributed by atoms with Crippen molar-refractivity contribution in [2.45, 2.75) is 18.1 Å². The predicted molar refractivity (Wildman–Crippen MR) is 113 cm³/mol. The Morgan fingerprint density at radius 1 is 1.40 bits per heavy atom. The third-order valence-corrected chi connectivity index (χ3v) is 7.16. The van der Waals surface area contributed by atoms with Crippen molar-refractivity contribution in [3.63, 3.8) is 0 Å². The van der Waals surface area contributed by atoms with Crippen LogP contribution in [0.2, 0.25) is 0 Å². The van der Waals surface area contributed by atoms with Gasteiger partial charge in [0, 0.05) is 35.2 Å². The molecule has 3 aliphatic rings. The second-order valence-corrected chi connectivity index (χ2v) is 8.99. The largest absolute Gasteiger partial charge is 0.361 e. The third-order valence-electron chi connectivity index (χ3n) is 6.47. The van der Waals surface area contributed by atoms with Gasteiger partial charge in [-0.1, -0.05) is 30.4 Å². The molecular formula is C22H20N4O3S. The van der Waals surface area contributed by atoms with E-state index in [0.717, 1.165) is 11.9 Å². The number of para-hydroxylation sites is 1. The van der Waals surface area contributed by atoms with Crippen LogP contribution in [0.5, 0.6) is 0 Å². The molecule has 2 bridgehead atoms. The van der Waals surface area contributed by atoms with Crippen molar-refractivity contribution in [2.24, 2.45) is 11.8 Å². The Hall–Kier alpha value is -2.97. The van der Waals surface area contributed by atoms with Crippen molar-refractivity contribution in [2.75, 3.05) is 18.4 Å². The van der Waals surface area contributed by atoms with Crippen LogP contribution in [0.3, 0.4) is 0 Å². The second-order valence-electron chi connectivity index (χ2n) is 8.10. The van der Waals surface area contributed by atoms with Crippen LogP contribution in [0.25, 0.3) is 10.9 Å². The Morgan fingerprint density at radius 2 is 2.30 bits per heavy atom. The number of hydrogen-bond acceptors (Lipinski definition) is 5. The standard InChI is InChI=1S/C22H20N4O3S/c27-19(25-21-23-8-10-30-21)17-16-5-7-22(29-16)12-26(20(28)18(17)22)9-6-13-11-24-15-4-2-1-3-14(13)15/h1-5,7-8,10-11,16-18,24H,6,9,12H2,(H,23,25,27)/t16-,17+,18-,22-/m1/s1. The van der Waals surface area contributed by atoms with Crippen LogP contribution in [0.4, 0.5) is 5.13 Å². The van der Waals surface area contributed by atoms with Crippen LogP contribution in [0, 0.1) is 11.8 Å². The molecule has 2 aromatic heterocycles. The molecule has 0 saturated carbocycles. The molecule has 8 heteroatoms. The van der Waals surface area contributed by atoms with Crippen LogP contribution in [-0.2, 0) is 20.7 Å². The number of aromatic amines is 1. The number of rotatable bonds is 5. The number of likely N-dealkylation sites (tertiary alicyclic amines) is 1. The summed E-state index contributed by atoms with van der Waals surface area (Å²) in [6, 6.07) is 8.16. The number of anilines is 1. The molecule has 4 atom stereocenters. The van der Waals surface area contributed by atoms with E-state index in [1.807, 2.05) is 46.8 Å². The SMILES string of the molecule is O=C(Nc1nccs1)[C@H]1[C@H]2C=C[C@]3(CN(CCc4c[nH]c5ccccc45)C(=O)[C@@H]13)O2. The maximum absolute atomic E-state index is 13.3. The molecule has 30 heavy (non-hydrogen) atoms. The molecule has 3 aromatic rings. The van der Waals surface area contributed by atoms with Gasteiger partial charge in [0.05, 0.1) is 24.5 Å². The van der Waals surface area contributed by atoms with Crippen molar-refractivity contribution in [3.8, 4) is 0 Å². The number of ether oxygens (including phenoxy) is 1. The van der Waals surface area contributed by atoms with Gasteiger partial charge in [0.15, 0.2) is 5.13 Å². The fourth-order valence-corrected chi connectivity index (χ4v) is 5.67. The van der Waals surface area contributed by atoms with Crippen molar-refractivity contribution in [1.82, 2.24) is 14.9 Å². The van der Waals surface area contributed by atoms with Crippen LogP contribution < -0.4 is 5.32 Å². The Morgan fingerprint density at radius 3 is 3.17 bits per heavy atom. The number of amides is 2. The maximum Gasteiger partial charge on any atom is 0.233 e. The van der Waals surface area contributed by atoms with E-state index in [1.165, 1.54) is 22.3 Å². The summed E-state index contributed by atoms with van der Waals surface area (Å²) >= 11 is 1.36. The minimum Gasteiger partial charge on any atom is -0.361 e. The summed E-state index contributed by atoms with van der Waals surface area (Å²) in [5.74, 6) is -1.20. The number of aromatic nitrogens is 2. The molecule has 2 fully saturated rings. The van der Waals surface area contributed by atoms with Crippen molar-refractivity contribution < 1.29 is 14.3 Å². The molecule has 2 saturated heterocycles. The zero-order chi connectivity index (χ0) is 20.3. The highest BCUT2D eigenvalue weighted by Crippen LogP contribution is 2.52. The molecule has 2 amide bonds. The molecule has 1 spiro atoms. The number of carbonyl (C=O) groups excluding carboxylic acids is 2. The van der Waals surface area contributed by atoms with Gasteiger partial charge in [-0.25, -0.2) is 4.98 Å². The summed E-state index contributed by atoms with van der Waals surface area (Å²) in [7, 11) is 0. The predicted octanol–water partition coefficient (Wildman–Crippen LogP) is 2.59. The minimum absolute atomic E-state index is 0.000907. The summed E-state index contributed by atoms with van der Waals surface area (Å²) < 4.78 is 6.19. The lowest BCUT2D eigenvalue weighted by Crippen LogP contribution is -2.41. The Balaban J connectivity index is 1.21. The van der Waals surface area contributed by atoms with E-state index >= 15 is 0 Å². The summed E-state index contributed by atoms with van der Waals surface area (Å²) in [6.45, 7) is 1.09. The molecule has 0 radical (unpaired) electrons. The van der Waals surface area contributed by atoms with E-state index in [2.05, 4.69) is 21.4 Å². The van der Waals surface area contributed by atoms with E-state index in [0.29, 0.717) is 18.2 Å². The van der Waals surface area contributed by atoms with Crippen LogP contribution >= 0.6 is 11.3 Å². The average molecular weight is 420 g/mol. The zero-order valence-corrected chi connectivity index (χ0v) is 16.9. The van der Waals surface area contributed by atoms with Gasteiger partial charge in [0.2, 0.25) is 11.8 Å². The monoisotopic (exact) mass is 420 g/mol. The molecule has 2 N–H and O–H groups in total. The lowest BCUT2D eigenvalue weighted by molar-refractivity contribution is -0.135. The molecule has 5 heterocycles. The molecule has 1 aromatic carbocycles. The summed E-state index contributed by atoms with van der Waals surface area (Å²) in [5.41, 5.74) is 1.60. The van der Waals surface area contributed by atoms with Gasteiger partial charge in [0.25, 0.3) is 0 Å². The van der Waals surface area contributed by atoms with Gasteiger partial charge in [-0.15, -0.1) is 11.3 Å². The number of hydrogen-bond donors (Lipinski definition) is 2. The summed E-state index contributed by atoms with van der Waals surface area (Å²) in [4.78, 5) is 35.5. The summed E-state index contributed by atoms with van der Waals surface area (Å²) in [5, 5.41) is 6.38. The van der Waals surface area contributed by atoms with Crippen LogP contribution in [0.15, 0.2) is 54.2 Å². The quantitative estimate of drug-likeness (QED) is 0.621. The fourth-order valence-electron chi connectivity index (χ4n) is 5.13. The summed E-state index contributed by atoms with van der Waals surface area (Å²) in [6.07, 6.45) is 7.97. The lowest BCUT2D eigenvalue weighted by atomic mass is 9.77. The van der Waals surface area contributed by atoms with Gasteiger partial charge in [-0.2, -0.15) is 0 Å². The molecule has 6 rings (SSSR count). The number of nitrogens with one attached hydrogen (secondary N) is 2. The van der Waals surface area contributed by atoms with Gasteiger partial charge in [-0.3, -0.25) is 9.59 Å². The first-order chi connectivity index (χ1) is 14.6. The zero-order valence-electron chi connectivity index (χ0n) is 16.1. The fraction of sp³-hybridized carbons (Fsp3) is 0.318. The van der Waals surface area contributed by atoms with Crippen LogP contribution in [-0.4, -0.2) is 51.5 Å². The second kappa shape index (κ2) is 6.52. The Bertz CT molecular complexity index is 1170. The minimum atomic E-state index is -0.688. The topological polar surface area (TPSA) is 87.3 Å². The average Bonchev–Trinajstić information content (AvgIpc) is 3.55. The number of carbonyl (C=O) groups is 2. The van der Waals surface area contributed by atoms with E-state index in [9.17, 15) is 9.59 Å². The molecule has 0 unspecified atom stereocenters. The highest BCUT2D eigenvalue weighted by molar-refractivity contribution is 7.13. The first kappa shape index (κ1) is 17.9. The number of H-pyrrole nitrogens is 1. The van der Waals surface area contributed by atoms with Gasteiger partial charge in [-0.05, 0) is 18.1 Å². The first-order valence-electron chi connectivity index (χ1n) is 10.1. The van der Waals surface area contributed by atoms with E-state index in [1.54, 1.807) is 6.20 Å². The number of benzene rings is 1. The number of thiazole rings is 1. The van der Waals surface area contributed by atoms with Gasteiger partial charge < -0.3 is 19.9 Å². The molecule has 3 aliphatic heterocycles. The Kier molecular flexibility index (Phi) is 3.88. The smallest absolute Gasteiger partial charge is 0.233 e. The van der Waals surface area contributed by atoms with E-state index in [-0.39, 0.29) is 17.9 Å². The van der Waals surface area contributed by atoms with Crippen molar-refractivity contribution in [3.05, 3.63) is 59.8 Å². The van der Waals surface area contributed by atoms with E-state index in [4.69, 9.17) is 4.74 Å². The van der Waals surface area contributed by atoms with Gasteiger partial charge >= 0.3 is 0 Å². The molecule has 152 valence electrons. The maximum atomic E-state index is 13.3. The normalized spacial score (nSPS) is 29.1. The van der Waals surface area contributed by atoms with Crippen molar-refractivity contribution >= 4 is 39.2 Å². The highest BCUT2D eigenvalue weighted by Gasteiger charge is 2.66. The number of fused-ring (bicyclic) bond motifs is 2. The highest BCUT2D eigenvalue weighted by atomic mass is 32.1. The van der Waals surface area contributed by atoms with Crippen molar-refractivity contribution in [1.29, 1.82) is 0 Å². The lowest BCUT2D eigenvalue weighted by Gasteiger charge is -2.23. The molecule has 7 nitrogen and oxygen atoms in total. The Labute approximate surface area is 176 Å². The number of nitrogens with zero attached hydrogens (tertiary/aromatic N) is 2. The first-order valence-corrected chi connectivity index (χ1v) is 10.9. The van der Waals surface area contributed by atoms with E-state index < -0.39 is 17.4 Å². The third kappa shape index (κ3) is 2.57.